The summed E-state index contributed by atoms with van der Waals surface area (Å²) in [4.78, 5) is 43.6. The van der Waals surface area contributed by atoms with Crippen molar-refractivity contribution in [2.75, 3.05) is 6.61 Å². The number of nitrogens with zero attached hydrogens (tertiary/aromatic N) is 2. The van der Waals surface area contributed by atoms with E-state index in [-0.39, 0.29) is 19.7 Å². The lowest BCUT2D eigenvalue weighted by atomic mass is 10.0. The molecule has 2 amide bonds. The van der Waals surface area contributed by atoms with Gasteiger partial charge in [0.15, 0.2) is 0 Å². The second kappa shape index (κ2) is 11.8. The van der Waals surface area contributed by atoms with Crippen LogP contribution in [0, 0.1) is 10.1 Å². The van der Waals surface area contributed by atoms with Crippen LogP contribution in [0.1, 0.15) is 59.5 Å². The zero-order valence-electron chi connectivity index (χ0n) is 21.0. The number of fused-ring (bicyclic) bond motifs is 1. The SMILES string of the molecule is C.CC(C)(C)OC(=O)NC(C)(C)C(=O)N[C@H](COCc1ccccc1)c1nc2ccc([N+](=O)[O-])cc2[nH]1. The largest absolute Gasteiger partial charge is 0.444 e. The van der Waals surface area contributed by atoms with Gasteiger partial charge in [-0.05, 0) is 46.2 Å². The molecule has 0 aliphatic heterocycles. The molecule has 0 aliphatic carbocycles. The fourth-order valence-corrected chi connectivity index (χ4v) is 3.31. The molecule has 11 nitrogen and oxygen atoms in total. The molecule has 0 aliphatic rings. The van der Waals surface area contributed by atoms with E-state index < -0.39 is 34.1 Å². The maximum absolute atomic E-state index is 13.2. The minimum absolute atomic E-state index is 0. The number of alkyl carbamates (subject to hydrolysis) is 1. The fourth-order valence-electron chi connectivity index (χ4n) is 3.31. The first-order valence-electron chi connectivity index (χ1n) is 11.4. The van der Waals surface area contributed by atoms with Crippen molar-refractivity contribution in [3.8, 4) is 0 Å². The average molecular weight is 514 g/mol. The van der Waals surface area contributed by atoms with Crippen molar-refractivity contribution >= 4 is 28.7 Å². The van der Waals surface area contributed by atoms with Crippen LogP contribution in [0.2, 0.25) is 0 Å². The van der Waals surface area contributed by atoms with E-state index >= 15 is 0 Å². The quantitative estimate of drug-likeness (QED) is 0.275. The van der Waals surface area contributed by atoms with Gasteiger partial charge in [-0.15, -0.1) is 0 Å². The minimum atomic E-state index is -1.31. The van der Waals surface area contributed by atoms with Crippen molar-refractivity contribution in [2.45, 2.75) is 65.8 Å². The molecule has 0 unspecified atom stereocenters. The Morgan fingerprint density at radius 3 is 2.41 bits per heavy atom. The van der Waals surface area contributed by atoms with Gasteiger partial charge in [-0.25, -0.2) is 9.78 Å². The topological polar surface area (TPSA) is 148 Å². The summed E-state index contributed by atoms with van der Waals surface area (Å²) in [6, 6.07) is 13.1. The second-order valence-electron chi connectivity index (χ2n) is 9.86. The van der Waals surface area contributed by atoms with Crippen molar-refractivity contribution < 1.29 is 24.0 Å². The van der Waals surface area contributed by atoms with Gasteiger partial charge in [0.1, 0.15) is 23.0 Å². The van der Waals surface area contributed by atoms with Crippen LogP contribution in [-0.4, -0.2) is 44.6 Å². The number of nitro groups is 1. The first-order valence-corrected chi connectivity index (χ1v) is 11.4. The number of imidazole rings is 1. The highest BCUT2D eigenvalue weighted by Gasteiger charge is 2.34. The Labute approximate surface area is 216 Å². The molecule has 37 heavy (non-hydrogen) atoms. The molecule has 0 saturated carbocycles. The number of hydrogen-bond acceptors (Lipinski definition) is 7. The summed E-state index contributed by atoms with van der Waals surface area (Å²) in [6.07, 6.45) is -0.726. The Balaban J connectivity index is 0.00000481. The number of non-ortho nitro benzene ring substituents is 1. The zero-order valence-corrected chi connectivity index (χ0v) is 21.0. The molecule has 3 aromatic rings. The van der Waals surface area contributed by atoms with Crippen molar-refractivity contribution in [1.82, 2.24) is 20.6 Å². The van der Waals surface area contributed by atoms with Gasteiger partial charge in [-0.3, -0.25) is 14.9 Å². The molecule has 3 N–H and O–H groups in total. The average Bonchev–Trinajstić information content (AvgIpc) is 3.20. The summed E-state index contributed by atoms with van der Waals surface area (Å²) in [5.74, 6) is -0.131. The lowest BCUT2D eigenvalue weighted by Crippen LogP contribution is -2.56. The van der Waals surface area contributed by atoms with Crippen LogP contribution in [0.3, 0.4) is 0 Å². The molecule has 200 valence electrons. The van der Waals surface area contributed by atoms with Crippen LogP contribution in [0.15, 0.2) is 48.5 Å². The molecule has 0 fully saturated rings. The maximum Gasteiger partial charge on any atom is 0.408 e. The van der Waals surface area contributed by atoms with Crippen molar-refractivity contribution in [3.63, 3.8) is 0 Å². The monoisotopic (exact) mass is 513 g/mol. The number of carbonyl (C=O) groups is 2. The molecule has 1 aromatic heterocycles. The Hall–Kier alpha value is -3.99. The van der Waals surface area contributed by atoms with Gasteiger partial charge < -0.3 is 25.1 Å². The standard InChI is InChI=1S/C25H31N5O6.CH4/c1-24(2,3)36-23(32)29-25(4,5)22(31)28-20(15-35-14-16-9-7-6-8-10-16)21-26-18-12-11-17(30(33)34)13-19(18)27-21;/h6-13,20H,14-15H2,1-5H3,(H,26,27)(H,28,31)(H,29,32);1H4/t20-;/m1./s1. The molecule has 2 aromatic carbocycles. The Morgan fingerprint density at radius 1 is 1.11 bits per heavy atom. The number of aromatic amines is 1. The lowest BCUT2D eigenvalue weighted by molar-refractivity contribution is -0.384. The van der Waals surface area contributed by atoms with Crippen LogP contribution >= 0.6 is 0 Å². The summed E-state index contributed by atoms with van der Waals surface area (Å²) < 4.78 is 11.1. The first-order chi connectivity index (χ1) is 16.8. The Bertz CT molecular complexity index is 1230. The lowest BCUT2D eigenvalue weighted by Gasteiger charge is -2.29. The predicted octanol–water partition coefficient (Wildman–Crippen LogP) is 4.78. The van der Waals surface area contributed by atoms with Crippen LogP contribution < -0.4 is 10.6 Å². The number of rotatable bonds is 9. The van der Waals surface area contributed by atoms with Gasteiger partial charge >= 0.3 is 6.09 Å². The van der Waals surface area contributed by atoms with Gasteiger partial charge in [0.05, 0.1) is 29.2 Å². The normalized spacial score (nSPS) is 12.4. The summed E-state index contributed by atoms with van der Waals surface area (Å²) >= 11 is 0. The van der Waals surface area contributed by atoms with Crippen LogP contribution in [-0.2, 0) is 20.9 Å². The molecular formula is C26H35N5O6. The second-order valence-corrected chi connectivity index (χ2v) is 9.86. The number of nitro benzene ring substituents is 1. The van der Waals surface area contributed by atoms with Gasteiger partial charge in [-0.2, -0.15) is 0 Å². The van der Waals surface area contributed by atoms with Crippen LogP contribution in [0.25, 0.3) is 11.0 Å². The van der Waals surface area contributed by atoms with Crippen LogP contribution in [0.4, 0.5) is 10.5 Å². The molecule has 0 spiro atoms. The van der Waals surface area contributed by atoms with Gasteiger partial charge in [0.25, 0.3) is 5.69 Å². The van der Waals surface area contributed by atoms with E-state index in [0.29, 0.717) is 23.5 Å². The molecule has 0 bridgehead atoms. The maximum atomic E-state index is 13.2. The molecule has 11 heteroatoms. The van der Waals surface area contributed by atoms with Crippen molar-refractivity contribution in [2.24, 2.45) is 0 Å². The predicted molar refractivity (Wildman–Crippen MR) is 140 cm³/mol. The Morgan fingerprint density at radius 2 is 1.78 bits per heavy atom. The number of nitrogens with one attached hydrogen (secondary N) is 3. The van der Waals surface area contributed by atoms with Crippen molar-refractivity contribution in [1.29, 1.82) is 0 Å². The molecule has 0 saturated heterocycles. The third-order valence-corrected chi connectivity index (χ3v) is 5.11. The fraction of sp³-hybridized carbons (Fsp3) is 0.423. The Kier molecular flexibility index (Phi) is 9.35. The molecular weight excluding hydrogens is 478 g/mol. The highest BCUT2D eigenvalue weighted by molar-refractivity contribution is 5.89. The third kappa shape index (κ3) is 8.28. The van der Waals surface area contributed by atoms with Crippen molar-refractivity contribution in [3.05, 3.63) is 70.0 Å². The summed E-state index contributed by atoms with van der Waals surface area (Å²) in [7, 11) is 0. The van der Waals surface area contributed by atoms with E-state index in [1.165, 1.54) is 18.2 Å². The van der Waals surface area contributed by atoms with Crippen LogP contribution in [0.5, 0.6) is 0 Å². The zero-order chi connectivity index (χ0) is 26.5. The van der Waals surface area contributed by atoms with E-state index in [9.17, 15) is 19.7 Å². The number of aromatic nitrogens is 2. The number of carbonyl (C=O) groups excluding carboxylic acids is 2. The molecule has 3 rings (SSSR count). The third-order valence-electron chi connectivity index (χ3n) is 5.11. The van der Waals surface area contributed by atoms with E-state index in [0.717, 1.165) is 5.56 Å². The molecule has 0 radical (unpaired) electrons. The van der Waals surface area contributed by atoms with Gasteiger partial charge in [0.2, 0.25) is 5.91 Å². The summed E-state index contributed by atoms with van der Waals surface area (Å²) in [6.45, 7) is 8.65. The number of amides is 2. The number of H-pyrrole nitrogens is 1. The van der Waals surface area contributed by atoms with E-state index in [1.807, 2.05) is 30.3 Å². The number of benzene rings is 2. The van der Waals surface area contributed by atoms with E-state index in [2.05, 4.69) is 20.6 Å². The number of hydrogen-bond donors (Lipinski definition) is 3. The van der Waals surface area contributed by atoms with Gasteiger partial charge in [-0.1, -0.05) is 37.8 Å². The summed E-state index contributed by atoms with van der Waals surface area (Å²) in [5.41, 5.74) is -0.209. The summed E-state index contributed by atoms with van der Waals surface area (Å²) in [5, 5.41) is 16.6. The van der Waals surface area contributed by atoms with E-state index in [1.54, 1.807) is 34.6 Å². The smallest absolute Gasteiger partial charge is 0.408 e. The highest BCUT2D eigenvalue weighted by atomic mass is 16.6. The molecule has 1 atom stereocenters. The molecule has 1 heterocycles. The highest BCUT2D eigenvalue weighted by Crippen LogP contribution is 2.22. The first kappa shape index (κ1) is 29.2. The van der Waals surface area contributed by atoms with Gasteiger partial charge in [0, 0.05) is 12.1 Å². The van der Waals surface area contributed by atoms with E-state index in [4.69, 9.17) is 9.47 Å². The number of ether oxygens (including phenoxy) is 2. The minimum Gasteiger partial charge on any atom is -0.444 e.